The second-order valence-corrected chi connectivity index (χ2v) is 7.05. The van der Waals surface area contributed by atoms with Crippen LogP contribution in [-0.2, 0) is 28.8 Å². The third-order valence-electron chi connectivity index (χ3n) is 4.34. The molecule has 9 nitrogen and oxygen atoms in total. The van der Waals surface area contributed by atoms with Crippen LogP contribution in [0.15, 0.2) is 0 Å². The summed E-state index contributed by atoms with van der Waals surface area (Å²) in [5, 5.41) is 16.7. The number of carboxylic acids is 2. The summed E-state index contributed by atoms with van der Waals surface area (Å²) in [6.07, 6.45) is 1.35. The van der Waals surface area contributed by atoms with E-state index in [1.54, 1.807) is 27.7 Å². The first-order chi connectivity index (χ1) is 13.3. The topological polar surface area (TPSA) is 146 Å². The van der Waals surface area contributed by atoms with Gasteiger partial charge in [0.15, 0.2) is 0 Å². The molecule has 3 unspecified atom stereocenters. The molecule has 1 rings (SSSR count). The molecule has 0 bridgehead atoms. The predicted octanol–water partition coefficient (Wildman–Crippen LogP) is 2.16. The molecule has 0 aromatic carbocycles. The van der Waals surface area contributed by atoms with Gasteiger partial charge in [-0.1, -0.05) is 34.6 Å². The van der Waals surface area contributed by atoms with Gasteiger partial charge in [0.1, 0.15) is 11.6 Å². The van der Waals surface area contributed by atoms with Crippen molar-refractivity contribution in [3.8, 4) is 0 Å². The first-order valence-electron chi connectivity index (χ1n) is 9.57. The van der Waals surface area contributed by atoms with Gasteiger partial charge in [-0.2, -0.15) is 0 Å². The van der Waals surface area contributed by atoms with E-state index in [4.69, 9.17) is 10.2 Å². The maximum absolute atomic E-state index is 10.8. The number of hydrogen-bond acceptors (Lipinski definition) is 6. The Kier molecular flexibility index (Phi) is 14.2. The molecule has 29 heavy (non-hydrogen) atoms. The number of carbonyl (C=O) groups is 6. The van der Waals surface area contributed by atoms with Crippen molar-refractivity contribution in [3.63, 3.8) is 0 Å². The fourth-order valence-electron chi connectivity index (χ4n) is 2.24. The standard InChI is InChI=1S/2C7H12O3.C6H9NO2/c1-3-6(8)5(2)4-7(9)10;1-3-6(8)4-5(2)7(9)10;1-4-3-5(8)7(2)6(4)9/h2*5H,3-4H2,1-2H3,(H,9,10);4H,3H2,1-2H3. The Morgan fingerprint density at radius 3 is 1.76 bits per heavy atom. The summed E-state index contributed by atoms with van der Waals surface area (Å²) in [5.41, 5.74) is 0. The molecule has 1 aliphatic heterocycles. The average Bonchev–Trinajstić information content (AvgIpc) is 2.86. The number of carboxylic acid groups (broad SMARTS) is 2. The molecule has 3 atom stereocenters. The third kappa shape index (κ3) is 12.5. The molecule has 1 heterocycles. The maximum Gasteiger partial charge on any atom is 0.306 e. The number of imide groups is 1. The molecule has 1 fully saturated rings. The summed E-state index contributed by atoms with van der Waals surface area (Å²) in [6.45, 7) is 8.41. The van der Waals surface area contributed by atoms with Crippen molar-refractivity contribution >= 4 is 35.3 Å². The molecule has 0 radical (unpaired) electrons. The van der Waals surface area contributed by atoms with Crippen molar-refractivity contribution in [2.75, 3.05) is 7.05 Å². The van der Waals surface area contributed by atoms with Crippen molar-refractivity contribution < 1.29 is 39.0 Å². The van der Waals surface area contributed by atoms with Gasteiger partial charge in [0.25, 0.3) is 0 Å². The van der Waals surface area contributed by atoms with Crippen LogP contribution in [0.5, 0.6) is 0 Å². The number of amides is 2. The van der Waals surface area contributed by atoms with Crippen molar-refractivity contribution in [1.29, 1.82) is 0 Å². The van der Waals surface area contributed by atoms with Crippen LogP contribution >= 0.6 is 0 Å². The zero-order valence-corrected chi connectivity index (χ0v) is 18.1. The lowest BCUT2D eigenvalue weighted by Crippen LogP contribution is -2.24. The number of hydrogen-bond donors (Lipinski definition) is 2. The highest BCUT2D eigenvalue weighted by molar-refractivity contribution is 6.02. The van der Waals surface area contributed by atoms with Crippen molar-refractivity contribution in [1.82, 2.24) is 4.90 Å². The minimum absolute atomic E-state index is 0.00917. The highest BCUT2D eigenvalue weighted by Crippen LogP contribution is 2.15. The zero-order chi connectivity index (χ0) is 23.3. The van der Waals surface area contributed by atoms with E-state index >= 15 is 0 Å². The molecule has 0 aromatic rings. The van der Waals surface area contributed by atoms with Gasteiger partial charge in [-0.25, -0.2) is 0 Å². The molecular formula is C20H33NO8. The lowest BCUT2D eigenvalue weighted by molar-refractivity contribution is -0.143. The van der Waals surface area contributed by atoms with Crippen LogP contribution < -0.4 is 0 Å². The minimum Gasteiger partial charge on any atom is -0.481 e. The Morgan fingerprint density at radius 2 is 1.52 bits per heavy atom. The van der Waals surface area contributed by atoms with Crippen LogP contribution in [0.25, 0.3) is 0 Å². The normalized spacial score (nSPS) is 17.3. The van der Waals surface area contributed by atoms with Crippen LogP contribution in [0.4, 0.5) is 0 Å². The van der Waals surface area contributed by atoms with Gasteiger partial charge in [-0.3, -0.25) is 33.7 Å². The largest absolute Gasteiger partial charge is 0.481 e. The zero-order valence-electron chi connectivity index (χ0n) is 18.1. The van der Waals surface area contributed by atoms with E-state index in [1.807, 2.05) is 0 Å². The summed E-state index contributed by atoms with van der Waals surface area (Å²) in [5.74, 6) is -2.86. The van der Waals surface area contributed by atoms with Gasteiger partial charge >= 0.3 is 11.9 Å². The third-order valence-corrected chi connectivity index (χ3v) is 4.34. The fourth-order valence-corrected chi connectivity index (χ4v) is 2.24. The molecule has 2 amide bonds. The number of carbonyl (C=O) groups excluding carboxylic acids is 4. The quantitative estimate of drug-likeness (QED) is 0.573. The van der Waals surface area contributed by atoms with Crippen LogP contribution in [0.1, 0.15) is 66.7 Å². The molecule has 166 valence electrons. The Morgan fingerprint density at radius 1 is 1.00 bits per heavy atom. The summed E-state index contributed by atoms with van der Waals surface area (Å²) >= 11 is 0. The molecule has 2 N–H and O–H groups in total. The van der Waals surface area contributed by atoms with Gasteiger partial charge in [-0.15, -0.1) is 0 Å². The Balaban J connectivity index is 0. The molecule has 9 heteroatoms. The van der Waals surface area contributed by atoms with Gasteiger partial charge in [-0.05, 0) is 0 Å². The van der Waals surface area contributed by atoms with E-state index in [1.165, 1.54) is 18.9 Å². The smallest absolute Gasteiger partial charge is 0.306 e. The lowest BCUT2D eigenvalue weighted by Gasteiger charge is -2.03. The lowest BCUT2D eigenvalue weighted by atomic mass is 10.0. The molecule has 0 aromatic heterocycles. The van der Waals surface area contributed by atoms with Crippen LogP contribution in [0.3, 0.4) is 0 Å². The SMILES string of the molecule is CC1CC(=O)N(C)C1=O.CCC(=O)C(C)CC(=O)O.CCC(=O)CC(C)C(=O)O. The highest BCUT2D eigenvalue weighted by Gasteiger charge is 2.32. The van der Waals surface area contributed by atoms with Crippen molar-refractivity contribution in [3.05, 3.63) is 0 Å². The predicted molar refractivity (Wildman–Crippen MR) is 105 cm³/mol. The molecular weight excluding hydrogens is 382 g/mol. The summed E-state index contributed by atoms with van der Waals surface area (Å²) in [6, 6.07) is 0. The van der Waals surface area contributed by atoms with Gasteiger partial charge in [0.2, 0.25) is 11.8 Å². The molecule has 1 saturated heterocycles. The van der Waals surface area contributed by atoms with Gasteiger partial charge in [0.05, 0.1) is 12.3 Å². The van der Waals surface area contributed by atoms with E-state index < -0.39 is 17.9 Å². The van der Waals surface area contributed by atoms with Crippen LogP contribution in [-0.4, -0.2) is 57.5 Å². The average molecular weight is 415 g/mol. The van der Waals surface area contributed by atoms with E-state index in [0.29, 0.717) is 19.3 Å². The van der Waals surface area contributed by atoms with E-state index in [0.717, 1.165) is 0 Å². The fraction of sp³-hybridized carbons (Fsp3) is 0.700. The Bertz CT molecular complexity index is 614. The number of likely N-dealkylation sites (tertiary alicyclic amines) is 1. The Labute approximate surface area is 171 Å². The number of Topliss-reactive ketones (excluding diaryl/α,β-unsaturated/α-hetero) is 2. The number of rotatable bonds is 8. The van der Waals surface area contributed by atoms with Crippen LogP contribution in [0.2, 0.25) is 0 Å². The summed E-state index contributed by atoms with van der Waals surface area (Å²) in [4.78, 5) is 64.4. The van der Waals surface area contributed by atoms with E-state index in [-0.39, 0.29) is 48.1 Å². The van der Waals surface area contributed by atoms with Crippen molar-refractivity contribution in [2.24, 2.45) is 17.8 Å². The molecule has 1 aliphatic rings. The van der Waals surface area contributed by atoms with Crippen molar-refractivity contribution in [2.45, 2.75) is 66.7 Å². The Hall–Kier alpha value is -2.58. The number of aliphatic carboxylic acids is 2. The monoisotopic (exact) mass is 415 g/mol. The summed E-state index contributed by atoms with van der Waals surface area (Å²) in [7, 11) is 1.52. The molecule has 0 spiro atoms. The first-order valence-corrected chi connectivity index (χ1v) is 9.57. The first kappa shape index (κ1) is 28.6. The number of ketones is 2. The van der Waals surface area contributed by atoms with Crippen LogP contribution in [0, 0.1) is 17.8 Å². The summed E-state index contributed by atoms with van der Waals surface area (Å²) < 4.78 is 0. The van der Waals surface area contributed by atoms with E-state index in [2.05, 4.69) is 0 Å². The highest BCUT2D eigenvalue weighted by atomic mass is 16.4. The molecule has 0 aliphatic carbocycles. The maximum atomic E-state index is 10.8. The number of nitrogens with zero attached hydrogens (tertiary/aromatic N) is 1. The molecule has 0 saturated carbocycles. The van der Waals surface area contributed by atoms with Gasteiger partial charge < -0.3 is 10.2 Å². The van der Waals surface area contributed by atoms with Gasteiger partial charge in [0, 0.05) is 44.6 Å². The second kappa shape index (κ2) is 14.4. The minimum atomic E-state index is -0.908. The van der Waals surface area contributed by atoms with E-state index in [9.17, 15) is 28.8 Å². The second-order valence-electron chi connectivity index (χ2n) is 7.05.